The second kappa shape index (κ2) is 509. The first kappa shape index (κ1) is 90.2. The van der Waals surface area contributed by atoms with Crippen molar-refractivity contribution in [2.45, 2.75) is 0 Å². The van der Waals surface area contributed by atoms with Crippen molar-refractivity contribution in [2.75, 3.05) is 0 Å². The third-order valence-electron chi connectivity index (χ3n) is 0. The summed E-state index contributed by atoms with van der Waals surface area (Å²) in [7, 11) is 0. The van der Waals surface area contributed by atoms with E-state index >= 15 is 0 Å². The Morgan fingerprint density at radius 2 is 0.667 bits per heavy atom. The van der Waals surface area contributed by atoms with Crippen molar-refractivity contribution in [1.29, 1.82) is 0 Å². The Kier molecular flexibility index (Phi) is 7650. The predicted molar refractivity (Wildman–Crippen MR) is 26.3 cm³/mol. The predicted octanol–water partition coefficient (Wildman–Crippen LogP) is 1.68. The molecule has 0 radical (unpaired) electrons. The molecule has 0 spiro atoms. The van der Waals surface area contributed by atoms with Crippen molar-refractivity contribution in [3.05, 3.63) is 29.7 Å². The fourth-order valence-electron chi connectivity index (χ4n) is 0. The summed E-state index contributed by atoms with van der Waals surface area (Å²) in [6.45, 7) is 0. The molecule has 1 nitrogen and oxygen atoms in total. The molecule has 0 bridgehead atoms. The molecule has 2 heteroatoms. The van der Waals surface area contributed by atoms with Gasteiger partial charge in [0.05, 0.1) is 0 Å². The summed E-state index contributed by atoms with van der Waals surface area (Å²) in [4.78, 5) is 0. The van der Waals surface area contributed by atoms with Crippen molar-refractivity contribution in [3.63, 3.8) is 0 Å². The van der Waals surface area contributed by atoms with E-state index in [0.29, 0.717) is 19.2 Å². The van der Waals surface area contributed by atoms with Crippen LogP contribution in [0.3, 0.4) is 0 Å². The zero-order valence-corrected chi connectivity index (χ0v) is 7.50. The Labute approximate surface area is 52.8 Å². The van der Waals surface area contributed by atoms with Gasteiger partial charge in [-0.05, 0) is 0 Å². The first-order valence-electron chi connectivity index (χ1n) is 0.154. The van der Waals surface area contributed by atoms with E-state index in [0.717, 1.165) is 0 Å². The molecular weight excluding hydrogens is 250 g/mol. The molecule has 0 aromatic rings. The van der Waals surface area contributed by atoms with Gasteiger partial charge in [0.25, 0.3) is 0 Å². The SMILES string of the molecule is [CH3-].[CH3-].[CH3-].[CH3-].[O]=[Re]. The van der Waals surface area contributed by atoms with Gasteiger partial charge < -0.3 is 29.7 Å². The molecule has 6 heavy (non-hydrogen) atoms. The van der Waals surface area contributed by atoms with Gasteiger partial charge in [-0.15, -0.1) is 0 Å². The Bertz CT molecular complexity index is 7.51. The van der Waals surface area contributed by atoms with Crippen LogP contribution in [0.1, 0.15) is 0 Å². The molecule has 0 heterocycles. The van der Waals surface area contributed by atoms with E-state index in [4.69, 9.17) is 3.47 Å². The van der Waals surface area contributed by atoms with E-state index in [1.54, 1.807) is 0 Å². The van der Waals surface area contributed by atoms with Crippen LogP contribution in [-0.4, -0.2) is 0 Å². The minimum atomic E-state index is 0. The quantitative estimate of drug-likeness (QED) is 0.607. The molecule has 0 fully saturated rings. The van der Waals surface area contributed by atoms with Gasteiger partial charge in [0.2, 0.25) is 0 Å². The van der Waals surface area contributed by atoms with Crippen LogP contribution in [-0.2, 0) is 22.6 Å². The maximum absolute atomic E-state index is 8.31. The van der Waals surface area contributed by atoms with Gasteiger partial charge in [-0.1, -0.05) is 0 Å². The molecule has 0 amide bonds. The van der Waals surface area contributed by atoms with Crippen molar-refractivity contribution < 1.29 is 22.6 Å². The van der Waals surface area contributed by atoms with Crippen molar-refractivity contribution in [2.24, 2.45) is 0 Å². The molecule has 0 aliphatic heterocycles. The zero-order valence-electron chi connectivity index (χ0n) is 4.79. The van der Waals surface area contributed by atoms with E-state index in [2.05, 4.69) is 0 Å². The second-order valence-corrected chi connectivity index (χ2v) is 0. The molecule has 0 aliphatic rings. The van der Waals surface area contributed by atoms with Crippen LogP contribution in [0.4, 0.5) is 0 Å². The van der Waals surface area contributed by atoms with Crippen LogP contribution >= 0.6 is 0 Å². The fraction of sp³-hybridized carbons (Fsp3) is 0. The first-order chi connectivity index (χ1) is 1.00. The number of rotatable bonds is 0. The van der Waals surface area contributed by atoms with Crippen LogP contribution in [0.25, 0.3) is 0 Å². The van der Waals surface area contributed by atoms with Gasteiger partial charge in [-0.2, -0.15) is 0 Å². The van der Waals surface area contributed by atoms with Gasteiger partial charge in [0.1, 0.15) is 0 Å². The van der Waals surface area contributed by atoms with E-state index in [1.165, 1.54) is 0 Å². The molecule has 0 rings (SSSR count). The maximum atomic E-state index is 8.31. The van der Waals surface area contributed by atoms with Crippen molar-refractivity contribution in [3.8, 4) is 0 Å². The van der Waals surface area contributed by atoms with Crippen molar-refractivity contribution in [1.82, 2.24) is 0 Å². The summed E-state index contributed by atoms with van der Waals surface area (Å²) in [5.74, 6) is 0. The van der Waals surface area contributed by atoms with Gasteiger partial charge in [0, 0.05) is 0 Å². The normalized spacial score (nSPS) is 0.667. The van der Waals surface area contributed by atoms with E-state index in [-0.39, 0.29) is 29.7 Å². The average Bonchev–Trinajstić information content (AvgIpc) is 1.00. The first-order valence-corrected chi connectivity index (χ1v) is 1.26. The Hall–Kier alpha value is 0.462. The van der Waals surface area contributed by atoms with Crippen LogP contribution in [0.15, 0.2) is 0 Å². The van der Waals surface area contributed by atoms with E-state index in [9.17, 15) is 0 Å². The Morgan fingerprint density at radius 3 is 0.667 bits per heavy atom. The monoisotopic (exact) mass is 263 g/mol. The van der Waals surface area contributed by atoms with Gasteiger partial charge >= 0.3 is 22.6 Å². The van der Waals surface area contributed by atoms with Crippen LogP contribution in [0.2, 0.25) is 0 Å². The summed E-state index contributed by atoms with van der Waals surface area (Å²) in [6, 6.07) is 0. The van der Waals surface area contributed by atoms with Gasteiger partial charge in [-0.3, -0.25) is 0 Å². The second-order valence-electron chi connectivity index (χ2n) is 0. The summed E-state index contributed by atoms with van der Waals surface area (Å²) < 4.78 is 8.31. The molecule has 0 unspecified atom stereocenters. The molecule has 0 aromatic carbocycles. The molecule has 0 aliphatic carbocycles. The number of hydrogen-bond acceptors (Lipinski definition) is 1. The fourth-order valence-corrected chi connectivity index (χ4v) is 0. The molecular formula is C4H12ORe-4. The average molecular weight is 262 g/mol. The molecule has 0 saturated heterocycles. The molecule has 0 atom stereocenters. The van der Waals surface area contributed by atoms with Crippen LogP contribution < -0.4 is 0 Å². The molecule has 0 aromatic heterocycles. The number of hydrogen-bond donors (Lipinski definition) is 0. The minimum absolute atomic E-state index is 0. The van der Waals surface area contributed by atoms with Crippen LogP contribution in [0, 0.1) is 29.7 Å². The summed E-state index contributed by atoms with van der Waals surface area (Å²) in [5, 5.41) is 0. The molecule has 45 valence electrons. The van der Waals surface area contributed by atoms with Crippen LogP contribution in [0.5, 0.6) is 0 Å². The topological polar surface area (TPSA) is 17.1 Å². The molecule has 0 saturated carbocycles. The van der Waals surface area contributed by atoms with Crippen molar-refractivity contribution >= 4 is 0 Å². The zero-order chi connectivity index (χ0) is 2.00. The Balaban J connectivity index is -0.000000000833. The summed E-state index contributed by atoms with van der Waals surface area (Å²) in [5.41, 5.74) is 0. The third-order valence-corrected chi connectivity index (χ3v) is 0. The Morgan fingerprint density at radius 1 is 0.667 bits per heavy atom. The summed E-state index contributed by atoms with van der Waals surface area (Å²) >= 11 is 0.472. The third kappa shape index (κ3) is 250. The molecule has 0 N–H and O–H groups in total. The summed E-state index contributed by atoms with van der Waals surface area (Å²) in [6.07, 6.45) is 0. The standard InChI is InChI=1S/4CH3.O.Re/h4*1H3;;/q4*-1;;. The van der Waals surface area contributed by atoms with Gasteiger partial charge in [0.15, 0.2) is 0 Å². The van der Waals surface area contributed by atoms with Gasteiger partial charge in [-0.25, -0.2) is 0 Å². The van der Waals surface area contributed by atoms with E-state index in [1.807, 2.05) is 0 Å². The van der Waals surface area contributed by atoms with E-state index < -0.39 is 0 Å².